The van der Waals surface area contributed by atoms with Gasteiger partial charge in [-0.25, -0.2) is 4.98 Å². The third kappa shape index (κ3) is 2.57. The van der Waals surface area contributed by atoms with Gasteiger partial charge in [0.15, 0.2) is 0 Å². The number of likely N-dealkylation sites (tertiary alicyclic amines) is 1. The minimum Gasteiger partial charge on any atom is -0.339 e. The molecular weight excluding hydrogens is 326 g/mol. The van der Waals surface area contributed by atoms with Crippen molar-refractivity contribution in [3.63, 3.8) is 0 Å². The van der Waals surface area contributed by atoms with E-state index in [9.17, 15) is 9.59 Å². The second-order valence-electron chi connectivity index (χ2n) is 7.97. The quantitative estimate of drug-likeness (QED) is 0.795. The molecule has 0 N–H and O–H groups in total. The lowest BCUT2D eigenvalue weighted by molar-refractivity contribution is -0.144. The van der Waals surface area contributed by atoms with Crippen LogP contribution >= 0.6 is 0 Å². The fraction of sp³-hybridized carbons (Fsp3) is 0.476. The maximum absolute atomic E-state index is 13.1. The number of carbonyl (C=O) groups excluding carboxylic acids is 2. The fourth-order valence-electron chi connectivity index (χ4n) is 5.12. The summed E-state index contributed by atoms with van der Waals surface area (Å²) in [5.41, 5.74) is 1.39. The predicted molar refractivity (Wildman–Crippen MR) is 98.6 cm³/mol. The Morgan fingerprint density at radius 3 is 2.88 bits per heavy atom. The van der Waals surface area contributed by atoms with E-state index in [1.165, 1.54) is 0 Å². The zero-order chi connectivity index (χ0) is 17.7. The smallest absolute Gasteiger partial charge is 0.272 e. The van der Waals surface area contributed by atoms with Crippen molar-refractivity contribution in [1.82, 2.24) is 14.8 Å². The number of benzene rings is 1. The Kier molecular flexibility index (Phi) is 3.69. The Bertz CT molecular complexity index is 880. The van der Waals surface area contributed by atoms with Crippen LogP contribution in [0.3, 0.4) is 0 Å². The number of nitrogens with zero attached hydrogens (tertiary/aromatic N) is 3. The molecule has 2 amide bonds. The molecule has 3 fully saturated rings. The first-order valence-corrected chi connectivity index (χ1v) is 9.63. The molecule has 2 aromatic rings. The van der Waals surface area contributed by atoms with Crippen molar-refractivity contribution >= 4 is 22.7 Å². The van der Waals surface area contributed by atoms with Crippen LogP contribution in [0.2, 0.25) is 0 Å². The molecule has 5 nitrogen and oxygen atoms in total. The minimum atomic E-state index is 0.0287. The van der Waals surface area contributed by atoms with E-state index in [1.807, 2.05) is 41.3 Å². The molecule has 3 aliphatic rings. The van der Waals surface area contributed by atoms with E-state index in [0.717, 1.165) is 49.8 Å². The van der Waals surface area contributed by atoms with E-state index in [4.69, 9.17) is 0 Å². The van der Waals surface area contributed by atoms with Crippen molar-refractivity contribution in [2.24, 2.45) is 11.8 Å². The average Bonchev–Trinajstić information content (AvgIpc) is 2.68. The van der Waals surface area contributed by atoms with E-state index >= 15 is 0 Å². The van der Waals surface area contributed by atoms with Gasteiger partial charge in [-0.05, 0) is 43.2 Å². The first-order chi connectivity index (χ1) is 12.7. The van der Waals surface area contributed by atoms with E-state index in [0.29, 0.717) is 35.9 Å². The summed E-state index contributed by atoms with van der Waals surface area (Å²) in [7, 11) is 0. The Balaban J connectivity index is 1.39. The number of rotatable bonds is 1. The molecule has 3 aliphatic heterocycles. The summed E-state index contributed by atoms with van der Waals surface area (Å²) >= 11 is 0. The van der Waals surface area contributed by atoms with Crippen LogP contribution < -0.4 is 0 Å². The standard InChI is InChI=1S/C21H23N3O2/c25-20-7-3-6-19-16-10-14(12-24(19)20)11-23(13-16)21(26)18-9-8-15-4-1-2-5-17(15)22-18/h1-2,4-5,8-9,14,16,19H,3,6-7,10-13H2/t14?,16?,19-/m1/s1. The summed E-state index contributed by atoms with van der Waals surface area (Å²) in [5.74, 6) is 1.15. The molecular formula is C21H23N3O2. The first-order valence-electron chi connectivity index (χ1n) is 9.63. The molecule has 1 aromatic carbocycles. The van der Waals surface area contributed by atoms with Gasteiger partial charge in [-0.2, -0.15) is 0 Å². The number of para-hydroxylation sites is 1. The third-order valence-electron chi connectivity index (χ3n) is 6.28. The molecule has 2 bridgehead atoms. The van der Waals surface area contributed by atoms with Crippen molar-refractivity contribution in [1.29, 1.82) is 0 Å². The Morgan fingerprint density at radius 2 is 1.96 bits per heavy atom. The van der Waals surface area contributed by atoms with Gasteiger partial charge in [0.1, 0.15) is 5.69 Å². The van der Waals surface area contributed by atoms with Gasteiger partial charge in [-0.15, -0.1) is 0 Å². The van der Waals surface area contributed by atoms with Crippen LogP contribution in [-0.2, 0) is 4.79 Å². The molecule has 0 aliphatic carbocycles. The molecule has 5 heteroatoms. The summed E-state index contributed by atoms with van der Waals surface area (Å²) in [6.07, 6.45) is 3.91. The van der Waals surface area contributed by atoms with Gasteiger partial charge < -0.3 is 9.80 Å². The summed E-state index contributed by atoms with van der Waals surface area (Å²) in [5, 5.41) is 1.05. The lowest BCUT2D eigenvalue weighted by atomic mass is 9.76. The molecule has 4 heterocycles. The Labute approximate surface area is 153 Å². The van der Waals surface area contributed by atoms with Gasteiger partial charge in [0.2, 0.25) is 5.91 Å². The number of hydrogen-bond acceptors (Lipinski definition) is 3. The van der Waals surface area contributed by atoms with Crippen molar-refractivity contribution in [3.8, 4) is 0 Å². The number of hydrogen-bond donors (Lipinski definition) is 0. The lowest BCUT2D eigenvalue weighted by Gasteiger charge is -2.52. The second kappa shape index (κ2) is 6.08. The summed E-state index contributed by atoms with van der Waals surface area (Å²) in [6, 6.07) is 12.0. The molecule has 134 valence electrons. The molecule has 2 unspecified atom stereocenters. The summed E-state index contributed by atoms with van der Waals surface area (Å²) < 4.78 is 0. The molecule has 0 spiro atoms. The number of carbonyl (C=O) groups is 2. The zero-order valence-electron chi connectivity index (χ0n) is 14.8. The average molecular weight is 349 g/mol. The molecule has 0 radical (unpaired) electrons. The Morgan fingerprint density at radius 1 is 1.08 bits per heavy atom. The predicted octanol–water partition coefficient (Wildman–Crippen LogP) is 2.71. The van der Waals surface area contributed by atoms with Gasteiger partial charge in [-0.1, -0.05) is 24.3 Å². The topological polar surface area (TPSA) is 53.5 Å². The third-order valence-corrected chi connectivity index (χ3v) is 6.28. The van der Waals surface area contributed by atoms with Crippen molar-refractivity contribution in [3.05, 3.63) is 42.1 Å². The highest BCUT2D eigenvalue weighted by atomic mass is 16.2. The molecule has 0 saturated carbocycles. The second-order valence-corrected chi connectivity index (χ2v) is 7.97. The van der Waals surface area contributed by atoms with E-state index < -0.39 is 0 Å². The van der Waals surface area contributed by atoms with Crippen LogP contribution in [0.4, 0.5) is 0 Å². The van der Waals surface area contributed by atoms with Gasteiger partial charge in [0.05, 0.1) is 5.52 Å². The zero-order valence-corrected chi connectivity index (χ0v) is 14.8. The van der Waals surface area contributed by atoms with Gasteiger partial charge in [0, 0.05) is 37.5 Å². The van der Waals surface area contributed by atoms with Crippen LogP contribution in [0.1, 0.15) is 36.2 Å². The van der Waals surface area contributed by atoms with Crippen molar-refractivity contribution in [2.45, 2.75) is 31.7 Å². The molecule has 3 atom stereocenters. The minimum absolute atomic E-state index is 0.0287. The fourth-order valence-corrected chi connectivity index (χ4v) is 5.12. The maximum Gasteiger partial charge on any atom is 0.272 e. The first kappa shape index (κ1) is 15.8. The normalized spacial score (nSPS) is 28.2. The number of amides is 2. The van der Waals surface area contributed by atoms with Crippen molar-refractivity contribution < 1.29 is 9.59 Å². The number of fused-ring (bicyclic) bond motifs is 5. The molecule has 3 saturated heterocycles. The molecule has 26 heavy (non-hydrogen) atoms. The van der Waals surface area contributed by atoms with Gasteiger partial charge >= 0.3 is 0 Å². The molecule has 1 aromatic heterocycles. The lowest BCUT2D eigenvalue weighted by Crippen LogP contribution is -2.61. The maximum atomic E-state index is 13.1. The van der Waals surface area contributed by atoms with Crippen molar-refractivity contribution in [2.75, 3.05) is 19.6 Å². The number of piperidine rings is 3. The largest absolute Gasteiger partial charge is 0.339 e. The summed E-state index contributed by atoms with van der Waals surface area (Å²) in [4.78, 5) is 34.0. The van der Waals surface area contributed by atoms with E-state index in [2.05, 4.69) is 9.88 Å². The van der Waals surface area contributed by atoms with E-state index in [-0.39, 0.29) is 5.91 Å². The van der Waals surface area contributed by atoms with Crippen LogP contribution in [-0.4, -0.2) is 52.3 Å². The van der Waals surface area contributed by atoms with Crippen LogP contribution in [0.5, 0.6) is 0 Å². The highest BCUT2D eigenvalue weighted by Crippen LogP contribution is 2.38. The van der Waals surface area contributed by atoms with Gasteiger partial charge in [0.25, 0.3) is 5.91 Å². The van der Waals surface area contributed by atoms with Gasteiger partial charge in [-0.3, -0.25) is 9.59 Å². The van der Waals surface area contributed by atoms with Crippen LogP contribution in [0, 0.1) is 11.8 Å². The van der Waals surface area contributed by atoms with Crippen LogP contribution in [0.25, 0.3) is 10.9 Å². The van der Waals surface area contributed by atoms with E-state index in [1.54, 1.807) is 0 Å². The number of aromatic nitrogens is 1. The number of pyridine rings is 1. The monoisotopic (exact) mass is 349 g/mol. The van der Waals surface area contributed by atoms with Crippen LogP contribution in [0.15, 0.2) is 36.4 Å². The highest BCUT2D eigenvalue weighted by molar-refractivity contribution is 5.95. The Hall–Kier alpha value is -2.43. The SMILES string of the molecule is O=C(c1ccc2ccccc2n1)N1CC2CC(C1)[C@H]1CCCC(=O)N1C2. The molecule has 5 rings (SSSR count). The summed E-state index contributed by atoms with van der Waals surface area (Å²) in [6.45, 7) is 2.30. The highest BCUT2D eigenvalue weighted by Gasteiger charge is 2.44.